The number of carbonyl (C=O) groups is 3. The first kappa shape index (κ1) is 29.5. The summed E-state index contributed by atoms with van der Waals surface area (Å²) in [6.45, 7) is 11.4. The second-order valence-electron chi connectivity index (χ2n) is 11.5. The molecule has 0 saturated carbocycles. The van der Waals surface area contributed by atoms with Gasteiger partial charge in [0.1, 0.15) is 17.4 Å². The fourth-order valence-corrected chi connectivity index (χ4v) is 7.17. The molecule has 0 radical (unpaired) electrons. The fourth-order valence-electron chi connectivity index (χ4n) is 7.17. The van der Waals surface area contributed by atoms with Gasteiger partial charge in [0, 0.05) is 24.5 Å². The second kappa shape index (κ2) is 11.4. The van der Waals surface area contributed by atoms with Crippen molar-refractivity contribution in [2.24, 2.45) is 11.8 Å². The highest BCUT2D eigenvalue weighted by atomic mass is 16.5. The molecule has 9 nitrogen and oxygen atoms in total. The first-order valence-electron chi connectivity index (χ1n) is 14.3. The fraction of sp³-hybridized carbons (Fsp3) is 0.424. The number of aliphatic hydroxyl groups excluding tert-OH is 1. The van der Waals surface area contributed by atoms with Crippen LogP contribution in [0.4, 0.5) is 11.4 Å². The summed E-state index contributed by atoms with van der Waals surface area (Å²) in [7, 11) is 1.57. The van der Waals surface area contributed by atoms with E-state index in [4.69, 9.17) is 9.47 Å². The third-order valence-corrected chi connectivity index (χ3v) is 9.06. The van der Waals surface area contributed by atoms with Crippen molar-refractivity contribution in [1.82, 2.24) is 4.90 Å². The van der Waals surface area contributed by atoms with E-state index in [-0.39, 0.29) is 37.4 Å². The average molecular weight is 574 g/mol. The molecule has 2 aromatic rings. The summed E-state index contributed by atoms with van der Waals surface area (Å²) < 4.78 is 12.1. The number of nitrogens with zero attached hydrogens (tertiary/aromatic N) is 3. The zero-order valence-electron chi connectivity index (χ0n) is 24.4. The number of anilines is 2. The van der Waals surface area contributed by atoms with Crippen molar-refractivity contribution < 1.29 is 29.0 Å². The van der Waals surface area contributed by atoms with Gasteiger partial charge in [0.15, 0.2) is 0 Å². The summed E-state index contributed by atoms with van der Waals surface area (Å²) in [5.41, 5.74) is -0.868. The number of aliphatic hydroxyl groups is 1. The van der Waals surface area contributed by atoms with Crippen LogP contribution in [0.1, 0.15) is 26.7 Å². The van der Waals surface area contributed by atoms with Gasteiger partial charge >= 0.3 is 0 Å². The molecule has 3 heterocycles. The number of hydrogen-bond acceptors (Lipinski definition) is 6. The van der Waals surface area contributed by atoms with Gasteiger partial charge in [0.2, 0.25) is 11.8 Å². The smallest absolute Gasteiger partial charge is 0.253 e. The lowest BCUT2D eigenvalue weighted by atomic mass is 9.66. The van der Waals surface area contributed by atoms with Crippen LogP contribution < -0.4 is 14.5 Å². The molecule has 2 unspecified atom stereocenters. The van der Waals surface area contributed by atoms with Crippen molar-refractivity contribution >= 4 is 29.1 Å². The van der Waals surface area contributed by atoms with E-state index in [1.165, 1.54) is 4.90 Å². The number of fused-ring (bicyclic) bond motifs is 1. The molecule has 42 heavy (non-hydrogen) atoms. The van der Waals surface area contributed by atoms with Crippen LogP contribution in [0.5, 0.6) is 5.75 Å². The first-order chi connectivity index (χ1) is 20.2. The van der Waals surface area contributed by atoms with E-state index in [9.17, 15) is 19.5 Å². The molecule has 3 saturated heterocycles. The van der Waals surface area contributed by atoms with Gasteiger partial charge in [0.05, 0.1) is 37.2 Å². The molecule has 5 rings (SSSR count). The van der Waals surface area contributed by atoms with Crippen molar-refractivity contribution in [1.29, 1.82) is 0 Å². The second-order valence-corrected chi connectivity index (χ2v) is 11.5. The standard InChI is InChI=1S/C33H39N3O6/c1-6-19-34(23-11-9-8-10-12-23)29(38)26-27-30(39)36(22(3)21-37)28(33(27)18-17-32(26,4)42-33)31(40)35(20-7-2)24-13-15-25(41-5)16-14-24/h6-16,22,26-28,37H,1-2,17-21H2,3-5H3/t22-,26-,27+,28?,32+,33?/m1/s1. The number of para-hydroxylation sites is 1. The van der Waals surface area contributed by atoms with Crippen LogP contribution >= 0.6 is 0 Å². The SMILES string of the molecule is C=CCN(C(=O)C1N([C@H](C)CO)C(=O)[C@@H]2[C@H](C(=O)N(CC=C)c3ccccc3)[C@]3(C)CCC12O3)c1ccc(OC)cc1. The summed E-state index contributed by atoms with van der Waals surface area (Å²) in [6.07, 6.45) is 4.23. The van der Waals surface area contributed by atoms with Crippen molar-refractivity contribution in [3.63, 3.8) is 0 Å². The van der Waals surface area contributed by atoms with Gasteiger partial charge in [-0.05, 0) is 63.1 Å². The Morgan fingerprint density at radius 2 is 1.64 bits per heavy atom. The summed E-state index contributed by atoms with van der Waals surface area (Å²) >= 11 is 0. The predicted molar refractivity (Wildman–Crippen MR) is 160 cm³/mol. The Bertz CT molecular complexity index is 1360. The molecule has 3 aliphatic heterocycles. The number of methoxy groups -OCH3 is 1. The number of carbonyl (C=O) groups excluding carboxylic acids is 3. The van der Waals surface area contributed by atoms with Crippen LogP contribution in [0.25, 0.3) is 0 Å². The summed E-state index contributed by atoms with van der Waals surface area (Å²) in [5, 5.41) is 10.2. The number of likely N-dealkylation sites (tertiary alicyclic amines) is 1. The van der Waals surface area contributed by atoms with Crippen molar-refractivity contribution in [3.8, 4) is 5.75 Å². The number of hydrogen-bond donors (Lipinski definition) is 1. The van der Waals surface area contributed by atoms with E-state index in [0.29, 0.717) is 30.0 Å². The van der Waals surface area contributed by atoms with Crippen LogP contribution in [0.2, 0.25) is 0 Å². The summed E-state index contributed by atoms with van der Waals surface area (Å²) in [4.78, 5) is 48.1. The number of rotatable bonds is 11. The van der Waals surface area contributed by atoms with Gasteiger partial charge in [0.25, 0.3) is 5.91 Å². The lowest BCUT2D eigenvalue weighted by Gasteiger charge is -2.38. The van der Waals surface area contributed by atoms with Crippen LogP contribution in [0.15, 0.2) is 79.9 Å². The molecular weight excluding hydrogens is 534 g/mol. The number of amides is 3. The first-order valence-corrected chi connectivity index (χ1v) is 14.3. The van der Waals surface area contributed by atoms with Crippen molar-refractivity contribution in [2.45, 2.75) is 50.0 Å². The lowest BCUT2D eigenvalue weighted by molar-refractivity contribution is -0.147. The van der Waals surface area contributed by atoms with Crippen LogP contribution in [0, 0.1) is 11.8 Å². The molecule has 3 amide bonds. The molecule has 1 N–H and O–H groups in total. The van der Waals surface area contributed by atoms with Gasteiger partial charge < -0.3 is 29.3 Å². The van der Waals surface area contributed by atoms with Gasteiger partial charge in [-0.15, -0.1) is 13.2 Å². The molecule has 3 aliphatic rings. The van der Waals surface area contributed by atoms with Gasteiger partial charge in [-0.25, -0.2) is 0 Å². The van der Waals surface area contributed by atoms with Crippen LogP contribution in [0.3, 0.4) is 0 Å². The highest BCUT2D eigenvalue weighted by Gasteiger charge is 2.78. The minimum atomic E-state index is -1.23. The van der Waals surface area contributed by atoms with E-state index >= 15 is 0 Å². The molecule has 1 spiro atoms. The predicted octanol–water partition coefficient (Wildman–Crippen LogP) is 3.58. The quantitative estimate of drug-likeness (QED) is 0.413. The monoisotopic (exact) mass is 573 g/mol. The Morgan fingerprint density at radius 1 is 1.05 bits per heavy atom. The van der Waals surface area contributed by atoms with Crippen LogP contribution in [-0.4, -0.2) is 77.8 Å². The largest absolute Gasteiger partial charge is 0.497 e. The Hall–Kier alpha value is -3.95. The molecule has 0 aromatic heterocycles. The molecule has 3 fully saturated rings. The number of benzene rings is 2. The summed E-state index contributed by atoms with van der Waals surface area (Å²) in [5.74, 6) is -2.00. The zero-order chi connectivity index (χ0) is 30.2. The van der Waals surface area contributed by atoms with Crippen LogP contribution in [-0.2, 0) is 19.1 Å². The minimum Gasteiger partial charge on any atom is -0.497 e. The van der Waals surface area contributed by atoms with E-state index in [1.807, 2.05) is 37.3 Å². The van der Waals surface area contributed by atoms with Crippen molar-refractivity contribution in [2.75, 3.05) is 36.6 Å². The lowest BCUT2D eigenvalue weighted by Crippen LogP contribution is -2.58. The molecule has 222 valence electrons. The Kier molecular flexibility index (Phi) is 8.00. The van der Waals surface area contributed by atoms with E-state index < -0.39 is 35.1 Å². The van der Waals surface area contributed by atoms with E-state index in [1.54, 1.807) is 60.3 Å². The molecule has 2 bridgehead atoms. The van der Waals surface area contributed by atoms with Gasteiger partial charge in [-0.1, -0.05) is 30.4 Å². The molecular formula is C33H39N3O6. The Balaban J connectivity index is 1.59. The third-order valence-electron chi connectivity index (χ3n) is 9.06. The van der Waals surface area contributed by atoms with E-state index in [2.05, 4.69) is 13.2 Å². The number of ether oxygens (including phenoxy) is 2. The molecule has 9 heteroatoms. The third kappa shape index (κ3) is 4.51. The molecule has 6 atom stereocenters. The van der Waals surface area contributed by atoms with Crippen molar-refractivity contribution in [3.05, 3.63) is 79.9 Å². The maximum absolute atomic E-state index is 14.6. The molecule has 0 aliphatic carbocycles. The molecule has 2 aromatic carbocycles. The van der Waals surface area contributed by atoms with E-state index in [0.717, 1.165) is 0 Å². The summed E-state index contributed by atoms with van der Waals surface area (Å²) in [6, 6.07) is 14.6. The topological polar surface area (TPSA) is 99.6 Å². The Labute approximate surface area is 247 Å². The average Bonchev–Trinajstić information content (AvgIpc) is 3.58. The highest BCUT2D eigenvalue weighted by Crippen LogP contribution is 2.64. The Morgan fingerprint density at radius 3 is 2.21 bits per heavy atom. The maximum atomic E-state index is 14.6. The normalized spacial score (nSPS) is 28.2. The van der Waals surface area contributed by atoms with Gasteiger partial charge in [-0.2, -0.15) is 0 Å². The maximum Gasteiger partial charge on any atom is 0.253 e. The zero-order valence-corrected chi connectivity index (χ0v) is 24.4. The van der Waals surface area contributed by atoms with Gasteiger partial charge in [-0.3, -0.25) is 14.4 Å². The highest BCUT2D eigenvalue weighted by molar-refractivity contribution is 6.07. The minimum absolute atomic E-state index is 0.193.